The molecular weight excluding hydrogens is 683 g/mol. The number of sulfonamides is 1. The van der Waals surface area contributed by atoms with Gasteiger partial charge in [0.2, 0.25) is 11.5 Å². The molecule has 0 saturated carbocycles. The number of carbonyl (C=O) groups excluding carboxylic acids is 3. The lowest BCUT2D eigenvalue weighted by Gasteiger charge is -2.21. The van der Waals surface area contributed by atoms with Crippen molar-refractivity contribution in [2.75, 3.05) is 6.54 Å². The van der Waals surface area contributed by atoms with Crippen LogP contribution >= 0.6 is 0 Å². The second-order valence-electron chi connectivity index (χ2n) is 11.5. The van der Waals surface area contributed by atoms with Crippen molar-refractivity contribution < 1.29 is 45.8 Å². The summed E-state index contributed by atoms with van der Waals surface area (Å²) >= 11 is 0. The summed E-state index contributed by atoms with van der Waals surface area (Å²) in [5.41, 5.74) is 0.797. The van der Waals surface area contributed by atoms with Crippen LogP contribution in [0.5, 0.6) is 0 Å². The molecule has 4 aromatic rings. The smallest absolute Gasteiger partial charge is 0.435 e. The van der Waals surface area contributed by atoms with E-state index in [-0.39, 0.29) is 45.3 Å². The molecule has 3 heterocycles. The Balaban J connectivity index is 1.15. The monoisotopic (exact) mass is 711 g/mol. The number of hydrazine groups is 1. The van der Waals surface area contributed by atoms with Crippen molar-refractivity contribution in [3.63, 3.8) is 0 Å². The number of imide groups is 1. The van der Waals surface area contributed by atoms with E-state index in [1.165, 1.54) is 31.2 Å². The van der Waals surface area contributed by atoms with Crippen LogP contribution in [0.2, 0.25) is 0 Å². The molecule has 50 heavy (non-hydrogen) atoms. The van der Waals surface area contributed by atoms with Gasteiger partial charge in [0.1, 0.15) is 0 Å². The Morgan fingerprint density at radius 3 is 2.26 bits per heavy atom. The van der Waals surface area contributed by atoms with E-state index in [1.54, 1.807) is 36.4 Å². The van der Waals surface area contributed by atoms with Gasteiger partial charge in [-0.3, -0.25) is 14.4 Å². The van der Waals surface area contributed by atoms with Crippen molar-refractivity contribution in [2.45, 2.75) is 50.0 Å². The van der Waals surface area contributed by atoms with Gasteiger partial charge in [-0.2, -0.15) is 18.3 Å². The van der Waals surface area contributed by atoms with E-state index in [9.17, 15) is 41.2 Å². The van der Waals surface area contributed by atoms with E-state index in [2.05, 4.69) is 10.4 Å². The van der Waals surface area contributed by atoms with Crippen LogP contribution in [0.15, 0.2) is 89.0 Å². The number of rotatable bonds is 9. The number of fused-ring (bicyclic) bond motifs is 1. The average Bonchev–Trinajstić information content (AvgIpc) is 3.81. The average molecular weight is 712 g/mol. The van der Waals surface area contributed by atoms with Gasteiger partial charge in [0.15, 0.2) is 11.7 Å². The molecule has 6 rings (SSSR count). The highest BCUT2D eigenvalue weighted by Crippen LogP contribution is 2.34. The van der Waals surface area contributed by atoms with Crippen LogP contribution in [-0.2, 0) is 25.8 Å². The van der Waals surface area contributed by atoms with Crippen LogP contribution in [0.1, 0.15) is 51.7 Å². The summed E-state index contributed by atoms with van der Waals surface area (Å²) in [7, 11) is -4.51. The summed E-state index contributed by atoms with van der Waals surface area (Å²) in [6.07, 6.45) is -5.61. The molecule has 1 unspecified atom stereocenters. The number of nitrogens with one attached hydrogen (secondary N) is 1. The number of halogens is 3. The summed E-state index contributed by atoms with van der Waals surface area (Å²) < 4.78 is 70.0. The molecule has 3 aromatic carbocycles. The molecule has 0 radical (unpaired) electrons. The van der Waals surface area contributed by atoms with Gasteiger partial charge in [0, 0.05) is 5.56 Å². The van der Waals surface area contributed by atoms with Crippen molar-refractivity contribution >= 4 is 27.7 Å². The first-order valence-corrected chi connectivity index (χ1v) is 16.6. The molecule has 1 saturated heterocycles. The number of nitrogens with zero attached hydrogens (tertiary/aromatic N) is 6. The molecule has 14 nitrogen and oxygen atoms in total. The molecule has 2 aliphatic heterocycles. The van der Waals surface area contributed by atoms with Gasteiger partial charge in [0.05, 0.1) is 38.9 Å². The summed E-state index contributed by atoms with van der Waals surface area (Å²) in [6, 6.07) is 17.2. The Morgan fingerprint density at radius 2 is 1.66 bits per heavy atom. The SMILES string of the molecule is Cc1ccc(-c2cc(C(F)(F)F)nn2-c2ccc(S(=O)(=O)NC(=O)[C@@H]3CCCN3/[N+]([O-])=N/OC(C)N3C(=O)c4ccccc4C3=O)cc2)cc1. The zero-order valence-electron chi connectivity index (χ0n) is 26.4. The maximum absolute atomic E-state index is 13.6. The molecule has 0 aliphatic carbocycles. The third kappa shape index (κ3) is 6.48. The van der Waals surface area contributed by atoms with Crippen LogP contribution < -0.4 is 4.72 Å². The zero-order chi connectivity index (χ0) is 36.0. The van der Waals surface area contributed by atoms with E-state index in [1.807, 2.05) is 11.6 Å². The fourth-order valence-corrected chi connectivity index (χ4v) is 6.65. The van der Waals surface area contributed by atoms with Crippen molar-refractivity contribution in [1.82, 2.24) is 24.4 Å². The highest BCUT2D eigenvalue weighted by atomic mass is 32.2. The third-order valence-corrected chi connectivity index (χ3v) is 9.54. The Bertz CT molecular complexity index is 2080. The van der Waals surface area contributed by atoms with E-state index < -0.39 is 51.9 Å². The standard InChI is InChI=1S/C32H28F3N7O7S/c1-19-9-11-21(12-10-19)27-18-28(32(33,34)35)36-41(27)22-13-15-23(16-14-22)50(47,48)37-29(43)26-8-5-17-39(26)42(46)38-49-20(2)40-30(44)24-6-3-4-7-25(24)31(40)45/h3-4,6-7,9-16,18,20,26H,5,8,17H2,1-2H3,(H,37,43)/b42-38-/t20?,26-/m0/s1. The number of hydrogen-bond acceptors (Lipinski definition) is 9. The topological polar surface area (TPSA) is 169 Å². The first-order valence-electron chi connectivity index (χ1n) is 15.1. The van der Waals surface area contributed by atoms with Crippen LogP contribution in [-0.4, -0.2) is 69.6 Å². The van der Waals surface area contributed by atoms with Gasteiger partial charge < -0.3 is 10.0 Å². The van der Waals surface area contributed by atoms with E-state index in [0.717, 1.165) is 38.4 Å². The third-order valence-electron chi connectivity index (χ3n) is 8.18. The van der Waals surface area contributed by atoms with Crippen LogP contribution in [0.25, 0.3) is 16.9 Å². The summed E-state index contributed by atoms with van der Waals surface area (Å²) in [5, 5.41) is 20.9. The lowest BCUT2D eigenvalue weighted by atomic mass is 10.1. The highest BCUT2D eigenvalue weighted by molar-refractivity contribution is 7.90. The molecule has 2 aliphatic rings. The maximum atomic E-state index is 13.6. The lowest BCUT2D eigenvalue weighted by Crippen LogP contribution is -2.47. The van der Waals surface area contributed by atoms with Crippen LogP contribution in [0.4, 0.5) is 13.2 Å². The number of hydrogen-bond donors (Lipinski definition) is 1. The second-order valence-corrected chi connectivity index (χ2v) is 13.2. The van der Waals surface area contributed by atoms with Crippen molar-refractivity contribution in [2.24, 2.45) is 5.28 Å². The Kier molecular flexibility index (Phi) is 8.81. The molecular formula is C32H28F3N7O7S. The molecule has 1 fully saturated rings. The van der Waals surface area contributed by atoms with Gasteiger partial charge in [0.25, 0.3) is 27.7 Å². The molecule has 0 spiro atoms. The molecule has 260 valence electrons. The maximum Gasteiger partial charge on any atom is 0.435 e. The molecule has 1 aromatic heterocycles. The lowest BCUT2D eigenvalue weighted by molar-refractivity contribution is -0.713. The number of carbonyl (C=O) groups is 3. The van der Waals surface area contributed by atoms with Gasteiger partial charge in [-0.1, -0.05) is 42.0 Å². The van der Waals surface area contributed by atoms with Crippen LogP contribution in [0.3, 0.4) is 0 Å². The number of aryl methyl sites for hydroxylation is 1. The first kappa shape index (κ1) is 34.1. The molecule has 2 atom stereocenters. The normalized spacial score (nSPS) is 17.2. The molecule has 1 N–H and O–H groups in total. The number of benzene rings is 3. The zero-order valence-corrected chi connectivity index (χ0v) is 27.2. The number of alkyl halides is 3. The molecule has 18 heteroatoms. The fraction of sp³-hybridized carbons (Fsp3) is 0.250. The quantitative estimate of drug-likeness (QED) is 0.113. The predicted octanol–water partition coefficient (Wildman–Crippen LogP) is 4.59. The van der Waals surface area contributed by atoms with Crippen LogP contribution in [0, 0.1) is 12.1 Å². The number of amides is 3. The largest absolute Gasteiger partial charge is 0.569 e. The predicted molar refractivity (Wildman–Crippen MR) is 167 cm³/mol. The summed E-state index contributed by atoms with van der Waals surface area (Å²) in [6.45, 7) is 3.17. The Morgan fingerprint density at radius 1 is 1.04 bits per heavy atom. The minimum atomic E-state index is -4.73. The molecule has 0 bridgehead atoms. The van der Waals surface area contributed by atoms with Gasteiger partial charge in [-0.25, -0.2) is 22.7 Å². The minimum Gasteiger partial charge on any atom is -0.569 e. The Labute approximate surface area is 282 Å². The van der Waals surface area contributed by atoms with Gasteiger partial charge in [-0.15, -0.1) is 5.01 Å². The highest BCUT2D eigenvalue weighted by Gasteiger charge is 2.41. The van der Waals surface area contributed by atoms with E-state index in [4.69, 9.17) is 4.84 Å². The van der Waals surface area contributed by atoms with Gasteiger partial charge >= 0.3 is 6.18 Å². The van der Waals surface area contributed by atoms with Gasteiger partial charge in [-0.05, 0) is 69.2 Å². The molecule has 3 amide bonds. The van der Waals surface area contributed by atoms with E-state index in [0.29, 0.717) is 12.0 Å². The van der Waals surface area contributed by atoms with Crippen molar-refractivity contribution in [3.8, 4) is 16.9 Å². The number of aromatic nitrogens is 2. The second kappa shape index (κ2) is 12.9. The van der Waals surface area contributed by atoms with Crippen molar-refractivity contribution in [1.29, 1.82) is 0 Å². The summed E-state index contributed by atoms with van der Waals surface area (Å²) in [5.74, 6) is -2.31. The summed E-state index contributed by atoms with van der Waals surface area (Å²) in [4.78, 5) is 44.0. The first-order chi connectivity index (χ1) is 23.7. The van der Waals surface area contributed by atoms with Crippen molar-refractivity contribution in [3.05, 3.63) is 106 Å². The Hall–Kier alpha value is -5.78. The van der Waals surface area contributed by atoms with E-state index >= 15 is 0 Å². The fourth-order valence-electron chi connectivity index (χ4n) is 5.64. The minimum absolute atomic E-state index is 0.0116.